The van der Waals surface area contributed by atoms with Crippen molar-refractivity contribution in [2.45, 2.75) is 51.6 Å². The second kappa shape index (κ2) is 9.70. The van der Waals surface area contributed by atoms with Gasteiger partial charge in [-0.15, -0.1) is 0 Å². The summed E-state index contributed by atoms with van der Waals surface area (Å²) in [6.45, 7) is 5.97. The smallest absolute Gasteiger partial charge is 0.240 e. The molecule has 1 amide bonds. The van der Waals surface area contributed by atoms with Crippen LogP contribution in [-0.4, -0.2) is 36.0 Å². The second-order valence-electron chi connectivity index (χ2n) is 8.02. The first-order chi connectivity index (χ1) is 13.1. The number of piperidine rings is 1. The summed E-state index contributed by atoms with van der Waals surface area (Å²) in [6.07, 6.45) is 4.07. The fourth-order valence-electron chi connectivity index (χ4n) is 3.99. The Bertz CT molecular complexity index is 691. The average Bonchev–Trinajstić information content (AvgIpc) is 2.69. The molecule has 0 aromatic heterocycles. The zero-order chi connectivity index (χ0) is 19.1. The van der Waals surface area contributed by atoms with Crippen molar-refractivity contribution in [3.05, 3.63) is 71.8 Å². The number of nitrogens with zero attached hydrogens (tertiary/aromatic N) is 1. The van der Waals surface area contributed by atoms with Crippen molar-refractivity contribution in [2.24, 2.45) is 5.92 Å². The Hall–Kier alpha value is -2.13. The van der Waals surface area contributed by atoms with Crippen LogP contribution in [0.1, 0.15) is 37.8 Å². The molecule has 0 bridgehead atoms. The van der Waals surface area contributed by atoms with Crippen LogP contribution in [0.5, 0.6) is 0 Å². The van der Waals surface area contributed by atoms with Gasteiger partial charge in [0.05, 0.1) is 6.04 Å². The molecule has 1 atom stereocenters. The lowest BCUT2D eigenvalue weighted by Gasteiger charge is -2.35. The number of hydrogen-bond donors (Lipinski definition) is 1. The fraction of sp³-hybridized carbons (Fsp3) is 0.458. The number of rotatable bonds is 7. The molecule has 3 heteroatoms. The maximum absolute atomic E-state index is 13.2. The number of nitrogens with one attached hydrogen (secondary N) is 1. The third-order valence-corrected chi connectivity index (χ3v) is 5.41. The van der Waals surface area contributed by atoms with Crippen LogP contribution in [-0.2, 0) is 17.6 Å². The summed E-state index contributed by atoms with van der Waals surface area (Å²) >= 11 is 0. The van der Waals surface area contributed by atoms with Gasteiger partial charge in [0, 0.05) is 19.1 Å². The molecule has 1 N–H and O–H groups in total. The molecule has 0 radical (unpaired) electrons. The van der Waals surface area contributed by atoms with Crippen molar-refractivity contribution in [1.29, 1.82) is 0 Å². The molecule has 3 rings (SSSR count). The molecular weight excluding hydrogens is 332 g/mol. The molecule has 1 saturated heterocycles. The maximum atomic E-state index is 13.2. The van der Waals surface area contributed by atoms with Gasteiger partial charge in [-0.1, -0.05) is 74.5 Å². The van der Waals surface area contributed by atoms with Crippen LogP contribution >= 0.6 is 0 Å². The van der Waals surface area contributed by atoms with E-state index in [4.69, 9.17) is 0 Å². The largest absolute Gasteiger partial charge is 0.341 e. The summed E-state index contributed by atoms with van der Waals surface area (Å²) in [4.78, 5) is 15.2. The highest BCUT2D eigenvalue weighted by Crippen LogP contribution is 2.22. The SMILES string of the molecule is CC(C)N[C@@H](Cc1ccccc1)C(=O)N1CCC(Cc2ccccc2)CC1. The standard InChI is InChI=1S/C24H32N2O/c1-19(2)25-23(18-21-11-7-4-8-12-21)24(27)26-15-13-22(14-16-26)17-20-9-5-3-6-10-20/h3-12,19,22-23,25H,13-18H2,1-2H3/t23-/m0/s1. The van der Waals surface area contributed by atoms with Crippen molar-refractivity contribution >= 4 is 5.91 Å². The topological polar surface area (TPSA) is 32.3 Å². The number of carbonyl (C=O) groups is 1. The van der Waals surface area contributed by atoms with Crippen molar-refractivity contribution in [3.63, 3.8) is 0 Å². The lowest BCUT2D eigenvalue weighted by Crippen LogP contribution is -2.51. The van der Waals surface area contributed by atoms with Gasteiger partial charge in [-0.2, -0.15) is 0 Å². The predicted octanol–water partition coefficient (Wildman–Crippen LogP) is 4.08. The highest BCUT2D eigenvalue weighted by molar-refractivity contribution is 5.82. The summed E-state index contributed by atoms with van der Waals surface area (Å²) in [5.41, 5.74) is 2.62. The first-order valence-electron chi connectivity index (χ1n) is 10.2. The summed E-state index contributed by atoms with van der Waals surface area (Å²) in [5.74, 6) is 0.938. The van der Waals surface area contributed by atoms with Crippen LogP contribution in [0.15, 0.2) is 60.7 Å². The molecule has 2 aromatic rings. The number of benzene rings is 2. The van der Waals surface area contributed by atoms with Crippen molar-refractivity contribution in [1.82, 2.24) is 10.2 Å². The lowest BCUT2D eigenvalue weighted by atomic mass is 9.89. The minimum atomic E-state index is -0.141. The van der Waals surface area contributed by atoms with Crippen LogP contribution in [0.4, 0.5) is 0 Å². The fourth-order valence-corrected chi connectivity index (χ4v) is 3.99. The zero-order valence-electron chi connectivity index (χ0n) is 16.6. The minimum absolute atomic E-state index is 0.141. The van der Waals surface area contributed by atoms with E-state index in [1.807, 2.05) is 18.2 Å². The van der Waals surface area contributed by atoms with Gasteiger partial charge in [-0.05, 0) is 42.7 Å². The van der Waals surface area contributed by atoms with Gasteiger partial charge < -0.3 is 10.2 Å². The Morgan fingerprint density at radius 2 is 1.52 bits per heavy atom. The number of hydrogen-bond acceptors (Lipinski definition) is 2. The molecule has 1 aliphatic rings. The summed E-state index contributed by atoms with van der Waals surface area (Å²) < 4.78 is 0. The molecule has 2 aromatic carbocycles. The van der Waals surface area contributed by atoms with E-state index in [1.54, 1.807) is 0 Å². The summed E-state index contributed by atoms with van der Waals surface area (Å²) in [5, 5.41) is 3.49. The van der Waals surface area contributed by atoms with E-state index in [2.05, 4.69) is 66.5 Å². The predicted molar refractivity (Wildman–Crippen MR) is 112 cm³/mol. The van der Waals surface area contributed by atoms with E-state index in [1.165, 1.54) is 11.1 Å². The Kier molecular flexibility index (Phi) is 7.05. The van der Waals surface area contributed by atoms with Gasteiger partial charge in [-0.25, -0.2) is 0 Å². The summed E-state index contributed by atoms with van der Waals surface area (Å²) in [6, 6.07) is 21.2. The Labute approximate surface area is 163 Å². The van der Waals surface area contributed by atoms with E-state index in [9.17, 15) is 4.79 Å². The molecule has 0 unspecified atom stereocenters. The Morgan fingerprint density at radius 1 is 0.963 bits per heavy atom. The normalized spacial score (nSPS) is 16.5. The van der Waals surface area contributed by atoms with E-state index in [-0.39, 0.29) is 11.9 Å². The molecule has 0 spiro atoms. The van der Waals surface area contributed by atoms with E-state index < -0.39 is 0 Å². The van der Waals surface area contributed by atoms with Gasteiger partial charge in [0.2, 0.25) is 5.91 Å². The lowest BCUT2D eigenvalue weighted by molar-refractivity contribution is -0.135. The van der Waals surface area contributed by atoms with Crippen molar-refractivity contribution < 1.29 is 4.79 Å². The summed E-state index contributed by atoms with van der Waals surface area (Å²) in [7, 11) is 0. The number of likely N-dealkylation sites (tertiary alicyclic amines) is 1. The maximum Gasteiger partial charge on any atom is 0.240 e. The van der Waals surface area contributed by atoms with Crippen molar-refractivity contribution in [2.75, 3.05) is 13.1 Å². The van der Waals surface area contributed by atoms with Gasteiger partial charge in [0.25, 0.3) is 0 Å². The molecule has 144 valence electrons. The minimum Gasteiger partial charge on any atom is -0.341 e. The van der Waals surface area contributed by atoms with Crippen LogP contribution in [0, 0.1) is 5.92 Å². The molecule has 0 aliphatic carbocycles. The van der Waals surface area contributed by atoms with Gasteiger partial charge >= 0.3 is 0 Å². The van der Waals surface area contributed by atoms with Crippen LogP contribution < -0.4 is 5.32 Å². The van der Waals surface area contributed by atoms with Gasteiger partial charge in [-0.3, -0.25) is 4.79 Å². The monoisotopic (exact) mass is 364 g/mol. The Morgan fingerprint density at radius 3 is 2.07 bits per heavy atom. The first-order valence-corrected chi connectivity index (χ1v) is 10.2. The van der Waals surface area contributed by atoms with E-state index in [0.29, 0.717) is 12.0 Å². The third-order valence-electron chi connectivity index (χ3n) is 5.41. The average molecular weight is 365 g/mol. The number of carbonyl (C=O) groups excluding carboxylic acids is 1. The molecule has 27 heavy (non-hydrogen) atoms. The molecule has 1 heterocycles. The highest BCUT2D eigenvalue weighted by Gasteiger charge is 2.28. The second-order valence-corrected chi connectivity index (χ2v) is 8.02. The first kappa shape index (κ1) is 19.6. The molecular formula is C24H32N2O. The van der Waals surface area contributed by atoms with Gasteiger partial charge in [0.1, 0.15) is 0 Å². The Balaban J connectivity index is 1.56. The van der Waals surface area contributed by atoms with E-state index >= 15 is 0 Å². The quantitative estimate of drug-likeness (QED) is 0.803. The molecule has 1 fully saturated rings. The zero-order valence-corrected chi connectivity index (χ0v) is 16.6. The van der Waals surface area contributed by atoms with E-state index in [0.717, 1.165) is 38.8 Å². The number of amides is 1. The highest BCUT2D eigenvalue weighted by atomic mass is 16.2. The van der Waals surface area contributed by atoms with Crippen molar-refractivity contribution in [3.8, 4) is 0 Å². The van der Waals surface area contributed by atoms with Crippen LogP contribution in [0.25, 0.3) is 0 Å². The molecule has 0 saturated carbocycles. The molecule has 1 aliphatic heterocycles. The van der Waals surface area contributed by atoms with Crippen LogP contribution in [0.3, 0.4) is 0 Å². The molecule has 3 nitrogen and oxygen atoms in total. The van der Waals surface area contributed by atoms with Crippen LogP contribution in [0.2, 0.25) is 0 Å². The third kappa shape index (κ3) is 5.93. The van der Waals surface area contributed by atoms with Gasteiger partial charge in [0.15, 0.2) is 0 Å².